The highest BCUT2D eigenvalue weighted by molar-refractivity contribution is 7.89. The zero-order valence-corrected chi connectivity index (χ0v) is 21.4. The highest BCUT2D eigenvalue weighted by Gasteiger charge is 2.31. The lowest BCUT2D eigenvalue weighted by Gasteiger charge is -2.25. The zero-order valence-electron chi connectivity index (χ0n) is 20.6. The number of hydrogen-bond donors (Lipinski definition) is 1. The lowest BCUT2D eigenvalue weighted by Crippen LogP contribution is -2.42. The first-order valence-electron chi connectivity index (χ1n) is 11.4. The highest BCUT2D eigenvalue weighted by atomic mass is 32.2. The maximum absolute atomic E-state index is 13.2. The number of nitrogens with one attached hydrogen (secondary N) is 1. The van der Waals surface area contributed by atoms with Crippen LogP contribution >= 0.6 is 0 Å². The van der Waals surface area contributed by atoms with E-state index in [4.69, 9.17) is 9.47 Å². The van der Waals surface area contributed by atoms with Gasteiger partial charge in [-0.15, -0.1) is 0 Å². The van der Waals surface area contributed by atoms with Crippen LogP contribution in [0.3, 0.4) is 0 Å². The monoisotopic (exact) mass is 521 g/mol. The van der Waals surface area contributed by atoms with E-state index in [1.165, 1.54) is 43.4 Å². The van der Waals surface area contributed by atoms with E-state index in [-0.39, 0.29) is 10.5 Å². The molecule has 1 heterocycles. The van der Waals surface area contributed by atoms with Gasteiger partial charge in [-0.1, -0.05) is 48.5 Å². The van der Waals surface area contributed by atoms with E-state index in [0.29, 0.717) is 5.75 Å². The second kappa shape index (κ2) is 10.9. The molecule has 192 valence electrons. The van der Waals surface area contributed by atoms with E-state index in [0.717, 1.165) is 21.1 Å². The Morgan fingerprint density at radius 1 is 0.973 bits per heavy atom. The number of rotatable bonds is 8. The Bertz CT molecular complexity index is 1420. The SMILES string of the molecule is COc1ccc([C@@H]2C=C(c3ccccc3)NN2C(=O)COC(=O)c2cccc(S(=O)(=O)N(C)C)c2)cc1. The molecule has 37 heavy (non-hydrogen) atoms. The van der Waals surface area contributed by atoms with E-state index in [1.54, 1.807) is 19.2 Å². The van der Waals surface area contributed by atoms with Gasteiger partial charge in [0.05, 0.1) is 29.3 Å². The van der Waals surface area contributed by atoms with Gasteiger partial charge in [-0.25, -0.2) is 22.5 Å². The molecule has 1 amide bonds. The molecule has 3 aromatic rings. The normalized spacial score (nSPS) is 15.2. The van der Waals surface area contributed by atoms with Gasteiger partial charge in [-0.05, 0) is 47.5 Å². The molecule has 1 aliphatic rings. The van der Waals surface area contributed by atoms with Crippen LogP contribution in [0, 0.1) is 0 Å². The zero-order chi connectivity index (χ0) is 26.6. The second-order valence-corrected chi connectivity index (χ2v) is 10.6. The summed E-state index contributed by atoms with van der Waals surface area (Å²) in [4.78, 5) is 25.8. The van der Waals surface area contributed by atoms with Crippen LogP contribution in [0.5, 0.6) is 5.75 Å². The summed E-state index contributed by atoms with van der Waals surface area (Å²) in [6.07, 6.45) is 1.92. The molecule has 9 nitrogen and oxygen atoms in total. The molecule has 0 aromatic heterocycles. The maximum atomic E-state index is 13.2. The quantitative estimate of drug-likeness (QED) is 0.454. The summed E-state index contributed by atoms with van der Waals surface area (Å²) < 4.78 is 36.4. The van der Waals surface area contributed by atoms with Gasteiger partial charge in [0.15, 0.2) is 6.61 Å². The first kappa shape index (κ1) is 25.9. The standard InChI is InChI=1S/C27H27N3O6S/c1-29(2)37(33,34)23-11-7-10-21(16-23)27(32)36-18-26(31)30-25(20-12-14-22(35-3)15-13-20)17-24(28-30)19-8-5-4-6-9-19/h4-17,25,28H,18H2,1-3H3/t25-/m0/s1. The summed E-state index contributed by atoms with van der Waals surface area (Å²) in [5.41, 5.74) is 5.62. The van der Waals surface area contributed by atoms with Gasteiger partial charge in [0.2, 0.25) is 10.0 Å². The van der Waals surface area contributed by atoms with Crippen LogP contribution in [-0.4, -0.2) is 57.4 Å². The van der Waals surface area contributed by atoms with Crippen LogP contribution in [0.2, 0.25) is 0 Å². The van der Waals surface area contributed by atoms with Gasteiger partial charge < -0.3 is 9.47 Å². The molecule has 4 rings (SSSR count). The predicted molar refractivity (Wildman–Crippen MR) is 138 cm³/mol. The second-order valence-electron chi connectivity index (χ2n) is 8.43. The van der Waals surface area contributed by atoms with Crippen LogP contribution in [0.15, 0.2) is 89.8 Å². The summed E-state index contributed by atoms with van der Waals surface area (Å²) in [6, 6.07) is 21.9. The summed E-state index contributed by atoms with van der Waals surface area (Å²) in [5, 5.41) is 1.41. The first-order valence-corrected chi connectivity index (χ1v) is 12.8. The van der Waals surface area contributed by atoms with Crippen molar-refractivity contribution < 1.29 is 27.5 Å². The van der Waals surface area contributed by atoms with Crippen LogP contribution in [0.1, 0.15) is 27.5 Å². The molecule has 0 spiro atoms. The smallest absolute Gasteiger partial charge is 0.338 e. The number of methoxy groups -OCH3 is 1. The minimum atomic E-state index is -3.73. The Balaban J connectivity index is 1.51. The molecular weight excluding hydrogens is 494 g/mol. The average molecular weight is 522 g/mol. The van der Waals surface area contributed by atoms with Crippen molar-refractivity contribution in [3.63, 3.8) is 0 Å². The van der Waals surface area contributed by atoms with Crippen molar-refractivity contribution in [2.24, 2.45) is 0 Å². The van der Waals surface area contributed by atoms with Crippen molar-refractivity contribution in [2.75, 3.05) is 27.8 Å². The number of sulfonamides is 1. The number of carbonyl (C=O) groups excluding carboxylic acids is 2. The van der Waals surface area contributed by atoms with Crippen molar-refractivity contribution in [1.82, 2.24) is 14.7 Å². The Hall–Kier alpha value is -4.15. The molecular formula is C27H27N3O6S. The summed E-state index contributed by atoms with van der Waals surface area (Å²) >= 11 is 0. The van der Waals surface area contributed by atoms with Crippen LogP contribution in [0.25, 0.3) is 5.70 Å². The topological polar surface area (TPSA) is 105 Å². The molecule has 0 aliphatic carbocycles. The van der Waals surface area contributed by atoms with Gasteiger partial charge >= 0.3 is 5.97 Å². The third-order valence-corrected chi connectivity index (χ3v) is 7.64. The number of carbonyl (C=O) groups is 2. The fourth-order valence-electron chi connectivity index (χ4n) is 3.79. The third kappa shape index (κ3) is 5.65. The molecule has 0 fully saturated rings. The van der Waals surface area contributed by atoms with Gasteiger partial charge in [-0.3, -0.25) is 10.2 Å². The highest BCUT2D eigenvalue weighted by Crippen LogP contribution is 2.32. The average Bonchev–Trinajstić information content (AvgIpc) is 3.38. The molecule has 1 N–H and O–H groups in total. The van der Waals surface area contributed by atoms with Crippen molar-refractivity contribution in [3.05, 3.63) is 102 Å². The van der Waals surface area contributed by atoms with E-state index >= 15 is 0 Å². The number of nitrogens with zero attached hydrogens (tertiary/aromatic N) is 2. The minimum Gasteiger partial charge on any atom is -0.497 e. The van der Waals surface area contributed by atoms with Crippen molar-refractivity contribution >= 4 is 27.6 Å². The molecule has 0 saturated heterocycles. The van der Waals surface area contributed by atoms with Gasteiger partial charge in [0.25, 0.3) is 5.91 Å². The molecule has 0 unspecified atom stereocenters. The molecule has 0 bridgehead atoms. The summed E-state index contributed by atoms with van der Waals surface area (Å²) in [7, 11) is 0.654. The number of hydrazine groups is 1. The molecule has 1 atom stereocenters. The van der Waals surface area contributed by atoms with Gasteiger partial charge in [0, 0.05) is 14.1 Å². The molecule has 3 aromatic carbocycles. The Morgan fingerprint density at radius 3 is 2.32 bits per heavy atom. The first-order chi connectivity index (χ1) is 17.7. The molecule has 0 saturated carbocycles. The molecule has 10 heteroatoms. The summed E-state index contributed by atoms with van der Waals surface area (Å²) in [6.45, 7) is -0.543. The number of ether oxygens (including phenoxy) is 2. The molecule has 1 aliphatic heterocycles. The largest absolute Gasteiger partial charge is 0.497 e. The maximum Gasteiger partial charge on any atom is 0.338 e. The van der Waals surface area contributed by atoms with E-state index in [2.05, 4.69) is 5.43 Å². The number of esters is 1. The minimum absolute atomic E-state index is 0.0277. The fraction of sp³-hybridized carbons (Fsp3) is 0.185. The lowest BCUT2D eigenvalue weighted by atomic mass is 10.0. The Kier molecular flexibility index (Phi) is 7.61. The molecule has 0 radical (unpaired) electrons. The van der Waals surface area contributed by atoms with Crippen LogP contribution < -0.4 is 10.2 Å². The number of benzene rings is 3. The fourth-order valence-corrected chi connectivity index (χ4v) is 4.73. The number of amides is 1. The van der Waals surface area contributed by atoms with Crippen molar-refractivity contribution in [3.8, 4) is 5.75 Å². The Labute approximate surface area is 215 Å². The van der Waals surface area contributed by atoms with E-state index in [1.807, 2.05) is 48.5 Å². The van der Waals surface area contributed by atoms with Gasteiger partial charge in [-0.2, -0.15) is 0 Å². The van der Waals surface area contributed by atoms with Crippen LogP contribution in [-0.2, 0) is 19.6 Å². The number of hydrogen-bond acceptors (Lipinski definition) is 7. The lowest BCUT2D eigenvalue weighted by molar-refractivity contribution is -0.137. The van der Waals surface area contributed by atoms with E-state index < -0.39 is 34.5 Å². The van der Waals surface area contributed by atoms with Crippen LogP contribution in [0.4, 0.5) is 0 Å². The van der Waals surface area contributed by atoms with E-state index in [9.17, 15) is 18.0 Å². The summed E-state index contributed by atoms with van der Waals surface area (Å²) in [5.74, 6) is -0.596. The van der Waals surface area contributed by atoms with Gasteiger partial charge in [0.1, 0.15) is 5.75 Å². The third-order valence-electron chi connectivity index (χ3n) is 5.83. The van der Waals surface area contributed by atoms with Crippen molar-refractivity contribution in [1.29, 1.82) is 0 Å². The Morgan fingerprint density at radius 2 is 1.68 bits per heavy atom. The predicted octanol–water partition coefficient (Wildman–Crippen LogP) is 3.23. The van der Waals surface area contributed by atoms with Crippen molar-refractivity contribution in [2.45, 2.75) is 10.9 Å².